The molecule has 0 aliphatic heterocycles. The van der Waals surface area contributed by atoms with Crippen LogP contribution < -0.4 is 4.74 Å². The first kappa shape index (κ1) is 12.2. The maximum atomic E-state index is 5.49. The van der Waals surface area contributed by atoms with Gasteiger partial charge in [-0.3, -0.25) is 9.97 Å². The van der Waals surface area contributed by atoms with Gasteiger partial charge in [-0.25, -0.2) is 9.97 Å². The van der Waals surface area contributed by atoms with Gasteiger partial charge in [0.1, 0.15) is 5.75 Å². The molecule has 0 radical (unpaired) electrons. The number of ether oxygens (including phenoxy) is 1. The van der Waals surface area contributed by atoms with E-state index >= 15 is 0 Å². The standard InChI is InChI=1S/C15H12N4O/c1-11-4-5-12(7-17-11)13-8-18-15(19-9-13)20-14-3-2-6-16-10-14/h2-10H,1H3. The van der Waals surface area contributed by atoms with Crippen LogP contribution in [0, 0.1) is 6.92 Å². The lowest BCUT2D eigenvalue weighted by Gasteiger charge is -2.04. The fourth-order valence-electron chi connectivity index (χ4n) is 1.67. The van der Waals surface area contributed by atoms with E-state index in [1.165, 1.54) is 0 Å². The van der Waals surface area contributed by atoms with Gasteiger partial charge in [-0.2, -0.15) is 0 Å². The molecule has 0 aliphatic rings. The molecule has 3 heterocycles. The average Bonchev–Trinajstić information content (AvgIpc) is 2.50. The largest absolute Gasteiger partial charge is 0.423 e. The minimum absolute atomic E-state index is 0.293. The van der Waals surface area contributed by atoms with Crippen LogP contribution in [0.4, 0.5) is 0 Å². The van der Waals surface area contributed by atoms with Gasteiger partial charge in [-0.1, -0.05) is 6.07 Å². The first-order valence-electron chi connectivity index (χ1n) is 6.14. The third-order valence-corrected chi connectivity index (χ3v) is 2.72. The first-order chi connectivity index (χ1) is 9.81. The van der Waals surface area contributed by atoms with Gasteiger partial charge in [0.25, 0.3) is 0 Å². The van der Waals surface area contributed by atoms with Crippen LogP contribution in [0.1, 0.15) is 5.69 Å². The van der Waals surface area contributed by atoms with E-state index < -0.39 is 0 Å². The van der Waals surface area contributed by atoms with Crippen LogP contribution in [-0.4, -0.2) is 19.9 Å². The van der Waals surface area contributed by atoms with Gasteiger partial charge in [0.05, 0.1) is 6.20 Å². The van der Waals surface area contributed by atoms with Gasteiger partial charge < -0.3 is 4.74 Å². The molecule has 0 N–H and O–H groups in total. The Labute approximate surface area is 116 Å². The van der Waals surface area contributed by atoms with Crippen LogP contribution in [0.3, 0.4) is 0 Å². The molecule has 3 aromatic rings. The maximum Gasteiger partial charge on any atom is 0.321 e. The number of aromatic nitrogens is 4. The smallest absolute Gasteiger partial charge is 0.321 e. The summed E-state index contributed by atoms with van der Waals surface area (Å²) in [6.45, 7) is 1.95. The Balaban J connectivity index is 1.79. The molecule has 5 nitrogen and oxygen atoms in total. The Morgan fingerprint density at radius 1 is 0.850 bits per heavy atom. The summed E-state index contributed by atoms with van der Waals surface area (Å²) in [4.78, 5) is 16.6. The van der Waals surface area contributed by atoms with Crippen molar-refractivity contribution in [3.8, 4) is 22.9 Å². The predicted molar refractivity (Wildman–Crippen MR) is 74.3 cm³/mol. The molecule has 98 valence electrons. The van der Waals surface area contributed by atoms with Crippen LogP contribution in [0.15, 0.2) is 55.2 Å². The molecular formula is C15H12N4O. The molecule has 0 fully saturated rings. The third-order valence-electron chi connectivity index (χ3n) is 2.72. The average molecular weight is 264 g/mol. The molecule has 0 saturated carbocycles. The van der Waals surface area contributed by atoms with Crippen molar-refractivity contribution in [3.05, 3.63) is 60.9 Å². The van der Waals surface area contributed by atoms with Crippen LogP contribution in [0.5, 0.6) is 11.8 Å². The van der Waals surface area contributed by atoms with Gasteiger partial charge >= 0.3 is 6.01 Å². The number of hydrogen-bond donors (Lipinski definition) is 0. The number of pyridine rings is 2. The highest BCUT2D eigenvalue weighted by molar-refractivity contribution is 5.60. The van der Waals surface area contributed by atoms with Crippen molar-refractivity contribution in [1.29, 1.82) is 0 Å². The van der Waals surface area contributed by atoms with Crippen LogP contribution in [-0.2, 0) is 0 Å². The normalized spacial score (nSPS) is 10.2. The highest BCUT2D eigenvalue weighted by atomic mass is 16.5. The Morgan fingerprint density at radius 3 is 2.30 bits per heavy atom. The summed E-state index contributed by atoms with van der Waals surface area (Å²) in [5, 5.41) is 0. The number of rotatable bonds is 3. The van der Waals surface area contributed by atoms with Crippen molar-refractivity contribution >= 4 is 0 Å². The first-order valence-corrected chi connectivity index (χ1v) is 6.14. The summed E-state index contributed by atoms with van der Waals surface area (Å²) in [5.74, 6) is 0.609. The van der Waals surface area contributed by atoms with E-state index in [0.717, 1.165) is 16.8 Å². The molecule has 0 spiro atoms. The maximum absolute atomic E-state index is 5.49. The predicted octanol–water partition coefficient (Wildman–Crippen LogP) is 3.03. The number of aryl methyl sites for hydroxylation is 1. The minimum atomic E-state index is 0.293. The van der Waals surface area contributed by atoms with Crippen LogP contribution >= 0.6 is 0 Å². The SMILES string of the molecule is Cc1ccc(-c2cnc(Oc3cccnc3)nc2)cn1. The molecule has 20 heavy (non-hydrogen) atoms. The van der Waals surface area contributed by atoms with Gasteiger partial charge in [-0.05, 0) is 25.1 Å². The Bertz CT molecular complexity index is 681. The molecule has 0 atom stereocenters. The lowest BCUT2D eigenvalue weighted by molar-refractivity contribution is 0.440. The second-order valence-corrected chi connectivity index (χ2v) is 4.23. The zero-order valence-electron chi connectivity index (χ0n) is 10.9. The fraction of sp³-hybridized carbons (Fsp3) is 0.0667. The number of nitrogens with zero attached hydrogens (tertiary/aromatic N) is 4. The third kappa shape index (κ3) is 2.77. The van der Waals surface area contributed by atoms with E-state index in [1.54, 1.807) is 43.1 Å². The van der Waals surface area contributed by atoms with Crippen molar-refractivity contribution in [2.24, 2.45) is 0 Å². The van der Waals surface area contributed by atoms with E-state index in [9.17, 15) is 0 Å². The molecule has 0 aliphatic carbocycles. The van der Waals surface area contributed by atoms with Crippen molar-refractivity contribution in [1.82, 2.24) is 19.9 Å². The van der Waals surface area contributed by atoms with E-state index in [2.05, 4.69) is 19.9 Å². The second-order valence-electron chi connectivity index (χ2n) is 4.23. The topological polar surface area (TPSA) is 60.8 Å². The lowest BCUT2D eigenvalue weighted by Crippen LogP contribution is -1.92. The molecule has 3 rings (SSSR count). The Hall–Kier alpha value is -2.82. The lowest BCUT2D eigenvalue weighted by atomic mass is 10.1. The van der Waals surface area contributed by atoms with E-state index in [0.29, 0.717) is 11.8 Å². The minimum Gasteiger partial charge on any atom is -0.423 e. The Morgan fingerprint density at radius 2 is 1.65 bits per heavy atom. The Kier molecular flexibility index (Phi) is 3.33. The summed E-state index contributed by atoms with van der Waals surface area (Å²) in [7, 11) is 0. The highest BCUT2D eigenvalue weighted by Gasteiger charge is 2.03. The number of hydrogen-bond acceptors (Lipinski definition) is 5. The van der Waals surface area contributed by atoms with Crippen LogP contribution in [0.2, 0.25) is 0 Å². The van der Waals surface area contributed by atoms with Crippen LogP contribution in [0.25, 0.3) is 11.1 Å². The zero-order valence-corrected chi connectivity index (χ0v) is 10.9. The summed E-state index contributed by atoms with van der Waals surface area (Å²) < 4.78 is 5.49. The molecule has 0 saturated heterocycles. The highest BCUT2D eigenvalue weighted by Crippen LogP contribution is 2.20. The molecule has 0 bridgehead atoms. The van der Waals surface area contributed by atoms with E-state index in [-0.39, 0.29) is 0 Å². The molecule has 0 aromatic carbocycles. The molecule has 5 heteroatoms. The second kappa shape index (κ2) is 5.44. The van der Waals surface area contributed by atoms with Gasteiger partial charge in [0.2, 0.25) is 0 Å². The van der Waals surface area contributed by atoms with Gasteiger partial charge in [-0.15, -0.1) is 0 Å². The monoisotopic (exact) mass is 264 g/mol. The van der Waals surface area contributed by atoms with Crippen molar-refractivity contribution in [2.45, 2.75) is 6.92 Å². The van der Waals surface area contributed by atoms with Gasteiger partial charge in [0, 0.05) is 41.6 Å². The summed E-state index contributed by atoms with van der Waals surface area (Å²) >= 11 is 0. The quantitative estimate of drug-likeness (QED) is 0.727. The summed E-state index contributed by atoms with van der Waals surface area (Å²) in [6.07, 6.45) is 8.52. The molecule has 3 aromatic heterocycles. The van der Waals surface area contributed by atoms with Crippen molar-refractivity contribution in [2.75, 3.05) is 0 Å². The van der Waals surface area contributed by atoms with E-state index in [4.69, 9.17) is 4.74 Å². The molecular weight excluding hydrogens is 252 g/mol. The summed E-state index contributed by atoms with van der Waals surface area (Å²) in [6, 6.07) is 7.83. The fourth-order valence-corrected chi connectivity index (χ4v) is 1.67. The molecule has 0 unspecified atom stereocenters. The van der Waals surface area contributed by atoms with Gasteiger partial charge in [0.15, 0.2) is 0 Å². The zero-order chi connectivity index (χ0) is 13.8. The van der Waals surface area contributed by atoms with E-state index in [1.807, 2.05) is 19.1 Å². The summed E-state index contributed by atoms with van der Waals surface area (Å²) in [5.41, 5.74) is 2.85. The van der Waals surface area contributed by atoms with Crippen molar-refractivity contribution < 1.29 is 4.74 Å². The molecule has 0 amide bonds. The van der Waals surface area contributed by atoms with Crippen molar-refractivity contribution in [3.63, 3.8) is 0 Å².